The Morgan fingerprint density at radius 1 is 1.30 bits per heavy atom. The third kappa shape index (κ3) is 4.08. The van der Waals surface area contributed by atoms with Crippen molar-refractivity contribution in [3.05, 3.63) is 66.0 Å². The number of para-hydroxylation sites is 1. The van der Waals surface area contributed by atoms with Gasteiger partial charge in [-0.05, 0) is 37.8 Å². The van der Waals surface area contributed by atoms with Gasteiger partial charge in [0.1, 0.15) is 12.3 Å². The second-order valence-corrected chi connectivity index (χ2v) is 7.41. The van der Waals surface area contributed by atoms with E-state index in [9.17, 15) is 18.0 Å². The summed E-state index contributed by atoms with van der Waals surface area (Å²) in [5.41, 5.74) is 2.73. The summed E-state index contributed by atoms with van der Waals surface area (Å²) < 4.78 is 44.0. The Kier molecular flexibility index (Phi) is 5.32. The number of fused-ring (bicyclic) bond motifs is 1. The first-order valence-electron chi connectivity index (χ1n) is 9.68. The summed E-state index contributed by atoms with van der Waals surface area (Å²) >= 11 is 0. The van der Waals surface area contributed by atoms with E-state index < -0.39 is 18.1 Å². The zero-order chi connectivity index (χ0) is 21.3. The molecule has 0 aliphatic heterocycles. The molecule has 2 aromatic heterocycles. The molecule has 30 heavy (non-hydrogen) atoms. The van der Waals surface area contributed by atoms with Gasteiger partial charge in [-0.2, -0.15) is 13.2 Å². The van der Waals surface area contributed by atoms with Crippen molar-refractivity contribution < 1.29 is 22.4 Å². The molecule has 5 nitrogen and oxygen atoms in total. The molecule has 3 aromatic rings. The van der Waals surface area contributed by atoms with Crippen LogP contribution in [0.4, 0.5) is 13.2 Å². The number of alkyl halides is 3. The SMILES string of the molecule is C[C@@H](NC(=O)c1cnc2c(C3=CC[C@@H](C(F)(F)F)CC3)cccc2c1)c1ncco1. The molecule has 1 N–H and O–H groups in total. The van der Waals surface area contributed by atoms with Gasteiger partial charge in [-0.3, -0.25) is 9.78 Å². The summed E-state index contributed by atoms with van der Waals surface area (Å²) in [6.07, 6.45) is 2.33. The second kappa shape index (κ2) is 7.93. The molecule has 1 aliphatic rings. The van der Waals surface area contributed by atoms with Gasteiger partial charge in [0.2, 0.25) is 5.89 Å². The van der Waals surface area contributed by atoms with E-state index in [2.05, 4.69) is 15.3 Å². The van der Waals surface area contributed by atoms with E-state index in [0.717, 1.165) is 16.5 Å². The second-order valence-electron chi connectivity index (χ2n) is 7.41. The highest BCUT2D eigenvalue weighted by Gasteiger charge is 2.39. The zero-order valence-corrected chi connectivity index (χ0v) is 16.2. The smallest absolute Gasteiger partial charge is 0.392 e. The fourth-order valence-corrected chi connectivity index (χ4v) is 3.71. The molecular weight excluding hydrogens is 395 g/mol. The largest absolute Gasteiger partial charge is 0.447 e. The number of amides is 1. The Hall–Kier alpha value is -3.16. The van der Waals surface area contributed by atoms with Gasteiger partial charge in [0.05, 0.1) is 23.2 Å². The van der Waals surface area contributed by atoms with Crippen LogP contribution in [0, 0.1) is 5.92 Å². The summed E-state index contributed by atoms with van der Waals surface area (Å²) in [6.45, 7) is 1.76. The van der Waals surface area contributed by atoms with Gasteiger partial charge in [0, 0.05) is 17.1 Å². The lowest BCUT2D eigenvalue weighted by molar-refractivity contribution is -0.175. The lowest BCUT2D eigenvalue weighted by atomic mass is 9.85. The molecule has 0 radical (unpaired) electrons. The Labute approximate surface area is 171 Å². The molecule has 0 saturated carbocycles. The number of rotatable bonds is 4. The van der Waals surface area contributed by atoms with Crippen LogP contribution in [0.3, 0.4) is 0 Å². The first-order chi connectivity index (χ1) is 14.3. The summed E-state index contributed by atoms with van der Waals surface area (Å²) in [4.78, 5) is 21.0. The fraction of sp³-hybridized carbons (Fsp3) is 0.318. The van der Waals surface area contributed by atoms with Gasteiger partial charge in [-0.1, -0.05) is 24.3 Å². The molecule has 1 aliphatic carbocycles. The summed E-state index contributed by atoms with van der Waals surface area (Å²) in [5.74, 6) is -1.20. The number of allylic oxidation sites excluding steroid dienone is 2. The van der Waals surface area contributed by atoms with E-state index in [1.54, 1.807) is 19.1 Å². The Balaban J connectivity index is 1.57. The van der Waals surface area contributed by atoms with Crippen LogP contribution in [0.15, 0.2) is 53.4 Å². The highest BCUT2D eigenvalue weighted by Crippen LogP contribution is 2.40. The van der Waals surface area contributed by atoms with E-state index in [-0.39, 0.29) is 18.7 Å². The van der Waals surface area contributed by atoms with Crippen molar-refractivity contribution in [3.63, 3.8) is 0 Å². The number of pyridine rings is 1. The first-order valence-corrected chi connectivity index (χ1v) is 9.68. The normalized spacial score (nSPS) is 18.1. The Bertz CT molecular complexity index is 1090. The van der Waals surface area contributed by atoms with Gasteiger partial charge in [-0.25, -0.2) is 4.98 Å². The van der Waals surface area contributed by atoms with Crippen LogP contribution in [0.1, 0.15) is 54.0 Å². The van der Waals surface area contributed by atoms with Crippen molar-refractivity contribution in [1.82, 2.24) is 15.3 Å². The van der Waals surface area contributed by atoms with Crippen LogP contribution in [-0.4, -0.2) is 22.1 Å². The number of hydrogen-bond acceptors (Lipinski definition) is 4. The third-order valence-electron chi connectivity index (χ3n) is 5.36. The van der Waals surface area contributed by atoms with Gasteiger partial charge in [-0.15, -0.1) is 0 Å². The molecule has 2 heterocycles. The van der Waals surface area contributed by atoms with Crippen LogP contribution < -0.4 is 5.32 Å². The molecule has 156 valence electrons. The average Bonchev–Trinajstić information content (AvgIpc) is 3.27. The number of benzene rings is 1. The van der Waals surface area contributed by atoms with E-state index in [1.165, 1.54) is 18.7 Å². The van der Waals surface area contributed by atoms with Crippen molar-refractivity contribution in [2.24, 2.45) is 5.92 Å². The monoisotopic (exact) mass is 415 g/mol. The van der Waals surface area contributed by atoms with Crippen molar-refractivity contribution in [2.75, 3.05) is 0 Å². The zero-order valence-electron chi connectivity index (χ0n) is 16.2. The maximum atomic E-state index is 12.9. The molecular formula is C22H20F3N3O2. The number of oxazole rings is 1. The lowest BCUT2D eigenvalue weighted by Gasteiger charge is -2.24. The molecule has 8 heteroatoms. The van der Waals surface area contributed by atoms with Crippen LogP contribution in [-0.2, 0) is 0 Å². The molecule has 2 atom stereocenters. The predicted octanol–water partition coefficient (Wildman–Crippen LogP) is 5.46. The van der Waals surface area contributed by atoms with Crippen molar-refractivity contribution >= 4 is 22.4 Å². The number of carbonyl (C=O) groups is 1. The quantitative estimate of drug-likeness (QED) is 0.614. The van der Waals surface area contributed by atoms with Gasteiger partial charge in [0.25, 0.3) is 5.91 Å². The highest BCUT2D eigenvalue weighted by atomic mass is 19.4. The van der Waals surface area contributed by atoms with Crippen LogP contribution in [0.2, 0.25) is 0 Å². The number of aromatic nitrogens is 2. The van der Waals surface area contributed by atoms with Crippen molar-refractivity contribution in [2.45, 2.75) is 38.4 Å². The van der Waals surface area contributed by atoms with E-state index in [0.29, 0.717) is 23.4 Å². The third-order valence-corrected chi connectivity index (χ3v) is 5.36. The van der Waals surface area contributed by atoms with Crippen molar-refractivity contribution in [3.8, 4) is 0 Å². The van der Waals surface area contributed by atoms with E-state index in [1.807, 2.05) is 18.2 Å². The minimum atomic E-state index is -4.16. The number of nitrogens with one attached hydrogen (secondary N) is 1. The van der Waals surface area contributed by atoms with Gasteiger partial charge >= 0.3 is 6.18 Å². The molecule has 1 amide bonds. The number of nitrogens with zero attached hydrogens (tertiary/aromatic N) is 2. The van der Waals surface area contributed by atoms with Gasteiger partial charge < -0.3 is 9.73 Å². The van der Waals surface area contributed by atoms with Gasteiger partial charge in [0.15, 0.2) is 0 Å². The number of hydrogen-bond donors (Lipinski definition) is 1. The van der Waals surface area contributed by atoms with E-state index in [4.69, 9.17) is 4.42 Å². The number of carbonyl (C=O) groups excluding carboxylic acids is 1. The van der Waals surface area contributed by atoms with Crippen LogP contribution in [0.25, 0.3) is 16.5 Å². The maximum Gasteiger partial charge on any atom is 0.392 e. The average molecular weight is 415 g/mol. The van der Waals surface area contributed by atoms with Crippen LogP contribution >= 0.6 is 0 Å². The van der Waals surface area contributed by atoms with Crippen LogP contribution in [0.5, 0.6) is 0 Å². The molecule has 4 rings (SSSR count). The highest BCUT2D eigenvalue weighted by molar-refractivity contribution is 5.99. The first kappa shape index (κ1) is 20.1. The fourth-order valence-electron chi connectivity index (χ4n) is 3.71. The molecule has 0 bridgehead atoms. The Morgan fingerprint density at radius 2 is 2.13 bits per heavy atom. The summed E-state index contributed by atoms with van der Waals surface area (Å²) in [7, 11) is 0. The summed E-state index contributed by atoms with van der Waals surface area (Å²) in [6, 6.07) is 6.85. The minimum Gasteiger partial charge on any atom is -0.447 e. The van der Waals surface area contributed by atoms with E-state index >= 15 is 0 Å². The maximum absolute atomic E-state index is 12.9. The molecule has 0 saturated heterocycles. The molecule has 0 fully saturated rings. The standard InChI is InChI=1S/C22H20F3N3O2/c1-13(21-26-9-10-30-21)28-20(29)16-11-15-3-2-4-18(19(15)27-12-16)14-5-7-17(8-6-14)22(23,24)25/h2-5,9-13,17H,6-8H2,1H3,(H,28,29)/t13-,17-/m1/s1. The topological polar surface area (TPSA) is 68.0 Å². The Morgan fingerprint density at radius 3 is 2.80 bits per heavy atom. The lowest BCUT2D eigenvalue weighted by Crippen LogP contribution is -2.27. The molecule has 0 spiro atoms. The predicted molar refractivity (Wildman–Crippen MR) is 106 cm³/mol. The molecule has 0 unspecified atom stereocenters. The minimum absolute atomic E-state index is 0.0194. The number of halogens is 3. The van der Waals surface area contributed by atoms with Crippen molar-refractivity contribution in [1.29, 1.82) is 0 Å². The molecule has 1 aromatic carbocycles. The summed E-state index contributed by atoms with van der Waals surface area (Å²) in [5, 5.41) is 3.56.